The van der Waals surface area contributed by atoms with E-state index in [0.29, 0.717) is 0 Å². The van der Waals surface area contributed by atoms with Crippen molar-refractivity contribution in [1.29, 1.82) is 0 Å². The molecule has 1 unspecified atom stereocenters. The molecular formula is C7H13ClO3. The highest BCUT2D eigenvalue weighted by molar-refractivity contribution is 6.20. The fourth-order valence-electron chi connectivity index (χ4n) is 0.373. The van der Waals surface area contributed by atoms with Gasteiger partial charge in [-0.2, -0.15) is 0 Å². The maximum absolute atomic E-state index is 11.1. The summed E-state index contributed by atoms with van der Waals surface area (Å²) < 4.78 is 9.57. The summed E-state index contributed by atoms with van der Waals surface area (Å²) in [6.07, 6.45) is 0. The average Bonchev–Trinajstić information content (AvgIpc) is 1.86. The minimum atomic E-state index is -0.914. The van der Waals surface area contributed by atoms with Gasteiger partial charge < -0.3 is 9.47 Å². The van der Waals surface area contributed by atoms with E-state index in [0.717, 1.165) is 0 Å². The van der Waals surface area contributed by atoms with Gasteiger partial charge in [0, 0.05) is 7.11 Å². The highest BCUT2D eigenvalue weighted by atomic mass is 35.5. The number of carbonyl (C=O) groups excluding carboxylic acids is 1. The molecule has 4 heteroatoms. The fourth-order valence-corrected chi connectivity index (χ4v) is 0.454. The van der Waals surface area contributed by atoms with E-state index in [1.807, 2.05) is 0 Å². The molecule has 0 heterocycles. The summed E-state index contributed by atoms with van der Waals surface area (Å²) in [5, 5.41) is 0. The number of methoxy groups -OCH3 is 1. The monoisotopic (exact) mass is 180 g/mol. The summed E-state index contributed by atoms with van der Waals surface area (Å²) >= 11 is 5.44. The van der Waals surface area contributed by atoms with E-state index in [1.54, 1.807) is 20.8 Å². The third kappa shape index (κ3) is 3.58. The first-order chi connectivity index (χ1) is 4.90. The van der Waals surface area contributed by atoms with E-state index in [1.165, 1.54) is 7.11 Å². The minimum Gasteiger partial charge on any atom is -0.444 e. The Balaban J connectivity index is 4.02. The largest absolute Gasteiger partial charge is 0.444 e. The molecule has 0 aliphatic heterocycles. The van der Waals surface area contributed by atoms with Crippen LogP contribution in [0, 0.1) is 0 Å². The Morgan fingerprint density at radius 1 is 1.55 bits per heavy atom. The van der Waals surface area contributed by atoms with Crippen LogP contribution in [-0.4, -0.2) is 24.2 Å². The van der Waals surface area contributed by atoms with Gasteiger partial charge in [-0.25, -0.2) is 4.79 Å². The Bertz CT molecular complexity index is 143. The third-order valence-corrected chi connectivity index (χ3v) is 1.36. The second-order valence-electron chi connectivity index (χ2n) is 2.66. The zero-order valence-corrected chi connectivity index (χ0v) is 7.94. The van der Waals surface area contributed by atoms with Crippen molar-refractivity contribution in [2.75, 3.05) is 7.11 Å². The van der Waals surface area contributed by atoms with Gasteiger partial charge in [0.2, 0.25) is 0 Å². The Morgan fingerprint density at radius 3 is 2.27 bits per heavy atom. The van der Waals surface area contributed by atoms with Crippen molar-refractivity contribution in [3.8, 4) is 0 Å². The van der Waals surface area contributed by atoms with Crippen LogP contribution in [0.4, 0.5) is 0 Å². The van der Waals surface area contributed by atoms with Gasteiger partial charge in [0.1, 0.15) is 0 Å². The Kier molecular flexibility index (Phi) is 3.83. The Labute approximate surface area is 71.6 Å². The van der Waals surface area contributed by atoms with Gasteiger partial charge in [0.05, 0.1) is 0 Å². The number of rotatable bonds is 3. The van der Waals surface area contributed by atoms with E-state index in [-0.39, 0.29) is 0 Å². The van der Waals surface area contributed by atoms with Crippen molar-refractivity contribution in [3.63, 3.8) is 0 Å². The van der Waals surface area contributed by atoms with Crippen LogP contribution < -0.4 is 0 Å². The highest BCUT2D eigenvalue weighted by Crippen LogP contribution is 2.12. The lowest BCUT2D eigenvalue weighted by molar-refractivity contribution is -0.166. The average molecular weight is 181 g/mol. The molecule has 0 saturated carbocycles. The molecule has 0 aromatic carbocycles. The van der Waals surface area contributed by atoms with Crippen LogP contribution in [0.3, 0.4) is 0 Å². The van der Waals surface area contributed by atoms with Crippen LogP contribution >= 0.6 is 11.6 Å². The molecule has 0 bridgehead atoms. The summed E-state index contributed by atoms with van der Waals surface area (Å²) in [5.74, 6) is -0.456. The van der Waals surface area contributed by atoms with Crippen molar-refractivity contribution in [2.24, 2.45) is 0 Å². The fraction of sp³-hybridized carbons (Fsp3) is 0.857. The third-order valence-electron chi connectivity index (χ3n) is 1.27. The normalized spacial score (nSPS) is 14.3. The molecule has 0 aromatic rings. The Hall–Kier alpha value is -0.280. The standard InChI is InChI=1S/C7H13ClO3/c1-5(8)11-6(9)7(2,3)10-4/h5H,1-4H3. The predicted octanol–water partition coefficient (Wildman–Crippen LogP) is 1.54. The van der Waals surface area contributed by atoms with Gasteiger partial charge in [0.25, 0.3) is 0 Å². The van der Waals surface area contributed by atoms with Gasteiger partial charge >= 0.3 is 5.97 Å². The van der Waals surface area contributed by atoms with Crippen molar-refractivity contribution >= 4 is 17.6 Å². The molecule has 0 aromatic heterocycles. The minimum absolute atomic E-state index is 0.456. The summed E-state index contributed by atoms with van der Waals surface area (Å²) in [4.78, 5) is 11.1. The van der Waals surface area contributed by atoms with Gasteiger partial charge in [-0.3, -0.25) is 0 Å². The maximum Gasteiger partial charge on any atom is 0.339 e. The van der Waals surface area contributed by atoms with E-state index < -0.39 is 17.1 Å². The first kappa shape index (κ1) is 10.7. The topological polar surface area (TPSA) is 35.5 Å². The molecule has 3 nitrogen and oxygen atoms in total. The van der Waals surface area contributed by atoms with Crippen LogP contribution in [0.15, 0.2) is 0 Å². The van der Waals surface area contributed by atoms with Crippen molar-refractivity contribution in [1.82, 2.24) is 0 Å². The van der Waals surface area contributed by atoms with Crippen LogP contribution in [0.1, 0.15) is 20.8 Å². The molecule has 0 spiro atoms. The van der Waals surface area contributed by atoms with Crippen molar-refractivity contribution < 1.29 is 14.3 Å². The SMILES string of the molecule is COC(C)(C)C(=O)OC(C)Cl. The number of ether oxygens (including phenoxy) is 2. The van der Waals surface area contributed by atoms with Crippen LogP contribution in [0.5, 0.6) is 0 Å². The number of hydrogen-bond donors (Lipinski definition) is 0. The van der Waals surface area contributed by atoms with Crippen LogP contribution in [0.25, 0.3) is 0 Å². The lowest BCUT2D eigenvalue weighted by Crippen LogP contribution is -2.36. The molecule has 0 amide bonds. The Morgan fingerprint density at radius 2 is 2.00 bits per heavy atom. The second-order valence-corrected chi connectivity index (χ2v) is 3.28. The number of hydrogen-bond acceptors (Lipinski definition) is 3. The van der Waals surface area contributed by atoms with Gasteiger partial charge in [-0.05, 0) is 20.8 Å². The lowest BCUT2D eigenvalue weighted by Gasteiger charge is -2.21. The lowest BCUT2D eigenvalue weighted by atomic mass is 10.1. The van der Waals surface area contributed by atoms with E-state index >= 15 is 0 Å². The van der Waals surface area contributed by atoms with Gasteiger partial charge in [0.15, 0.2) is 11.2 Å². The van der Waals surface area contributed by atoms with E-state index in [2.05, 4.69) is 0 Å². The molecule has 0 aliphatic carbocycles. The molecule has 1 atom stereocenters. The zero-order valence-electron chi connectivity index (χ0n) is 7.18. The van der Waals surface area contributed by atoms with Crippen LogP contribution in [-0.2, 0) is 14.3 Å². The summed E-state index contributed by atoms with van der Waals surface area (Å²) in [5.41, 5.74) is -1.53. The number of halogens is 1. The molecule has 0 rings (SSSR count). The molecule has 66 valence electrons. The first-order valence-corrected chi connectivity index (χ1v) is 3.74. The smallest absolute Gasteiger partial charge is 0.339 e. The molecule has 11 heavy (non-hydrogen) atoms. The van der Waals surface area contributed by atoms with Crippen molar-refractivity contribution in [3.05, 3.63) is 0 Å². The van der Waals surface area contributed by atoms with E-state index in [4.69, 9.17) is 21.1 Å². The van der Waals surface area contributed by atoms with Crippen LogP contribution in [0.2, 0.25) is 0 Å². The molecule has 0 aliphatic rings. The van der Waals surface area contributed by atoms with Gasteiger partial charge in [-0.1, -0.05) is 11.6 Å². The zero-order chi connectivity index (χ0) is 9.07. The molecule has 0 fully saturated rings. The maximum atomic E-state index is 11.1. The highest BCUT2D eigenvalue weighted by Gasteiger charge is 2.29. The number of alkyl halides is 1. The molecule has 0 N–H and O–H groups in total. The molecular weight excluding hydrogens is 168 g/mol. The predicted molar refractivity (Wildman–Crippen MR) is 42.5 cm³/mol. The summed E-state index contributed by atoms with van der Waals surface area (Å²) in [7, 11) is 1.44. The quantitative estimate of drug-likeness (QED) is 0.488. The number of carbonyl (C=O) groups is 1. The molecule has 0 saturated heterocycles. The number of esters is 1. The first-order valence-electron chi connectivity index (χ1n) is 3.30. The summed E-state index contributed by atoms with van der Waals surface area (Å²) in [6, 6.07) is 0. The second kappa shape index (κ2) is 3.93. The van der Waals surface area contributed by atoms with E-state index in [9.17, 15) is 4.79 Å². The molecule has 0 radical (unpaired) electrons. The van der Waals surface area contributed by atoms with Gasteiger partial charge in [-0.15, -0.1) is 0 Å². The van der Waals surface area contributed by atoms with Crippen molar-refractivity contribution in [2.45, 2.75) is 31.9 Å². The summed E-state index contributed by atoms with van der Waals surface area (Å²) in [6.45, 7) is 4.81.